The Bertz CT molecular complexity index is 903. The van der Waals surface area contributed by atoms with E-state index in [0.29, 0.717) is 18.6 Å². The minimum absolute atomic E-state index is 0.0397. The lowest BCUT2D eigenvalue weighted by atomic mass is 9.92. The van der Waals surface area contributed by atoms with E-state index >= 15 is 0 Å². The van der Waals surface area contributed by atoms with Crippen LogP contribution in [0.1, 0.15) is 23.8 Å². The predicted molar refractivity (Wildman–Crippen MR) is 91.6 cm³/mol. The van der Waals surface area contributed by atoms with Crippen LogP contribution in [-0.2, 0) is 22.0 Å². The van der Waals surface area contributed by atoms with Crippen molar-refractivity contribution in [2.75, 3.05) is 4.72 Å². The highest BCUT2D eigenvalue weighted by molar-refractivity contribution is 7.94. The van der Waals surface area contributed by atoms with Gasteiger partial charge in [0.2, 0.25) is 0 Å². The molecule has 0 atom stereocenters. The van der Waals surface area contributed by atoms with E-state index in [-0.39, 0.29) is 9.90 Å². The summed E-state index contributed by atoms with van der Waals surface area (Å²) in [4.78, 5) is 0.818. The fourth-order valence-electron chi connectivity index (χ4n) is 2.36. The minimum atomic E-state index is -6.01. The molecule has 2 N–H and O–H groups in total. The summed E-state index contributed by atoms with van der Waals surface area (Å²) in [6.45, 7) is 1.91. The smallest absolute Gasteiger partial charge is 0.369 e. The summed E-state index contributed by atoms with van der Waals surface area (Å²) in [5.74, 6) is 0. The van der Waals surface area contributed by atoms with Crippen molar-refractivity contribution < 1.29 is 39.9 Å². The standard InChI is InChI=1S/C16H15F6NO3S2/c1-2-3-12-8-9-13(27-12)28(25,26)23-11-6-4-10(5-7-11)14(24,15(17,18)19)16(20,21)22/h4-9,23-24H,2-3H2,1H3. The molecule has 0 aliphatic carbocycles. The zero-order chi connectivity index (χ0) is 21.4. The number of anilines is 1. The molecule has 28 heavy (non-hydrogen) atoms. The van der Waals surface area contributed by atoms with E-state index in [1.165, 1.54) is 6.07 Å². The number of hydrogen-bond acceptors (Lipinski definition) is 4. The van der Waals surface area contributed by atoms with Crippen LogP contribution in [0.2, 0.25) is 0 Å². The molecule has 0 unspecified atom stereocenters. The highest BCUT2D eigenvalue weighted by atomic mass is 32.2. The highest BCUT2D eigenvalue weighted by Crippen LogP contribution is 2.50. The number of sulfonamides is 1. The first-order valence-electron chi connectivity index (χ1n) is 7.80. The van der Waals surface area contributed by atoms with Crippen molar-refractivity contribution in [2.45, 2.75) is 41.9 Å². The van der Waals surface area contributed by atoms with Crippen molar-refractivity contribution in [3.8, 4) is 0 Å². The van der Waals surface area contributed by atoms with Gasteiger partial charge in [0.1, 0.15) is 4.21 Å². The summed E-state index contributed by atoms with van der Waals surface area (Å²) in [6.07, 6.45) is -10.6. The monoisotopic (exact) mass is 447 g/mol. The number of hydrogen-bond donors (Lipinski definition) is 2. The molecule has 156 valence electrons. The lowest BCUT2D eigenvalue weighted by Gasteiger charge is -2.32. The number of rotatable bonds is 6. The van der Waals surface area contributed by atoms with Gasteiger partial charge in [-0.25, -0.2) is 8.42 Å². The maximum absolute atomic E-state index is 12.9. The molecule has 0 aliphatic rings. The van der Waals surface area contributed by atoms with Crippen LogP contribution in [0.3, 0.4) is 0 Å². The fraction of sp³-hybridized carbons (Fsp3) is 0.375. The molecule has 1 aromatic carbocycles. The molecule has 0 radical (unpaired) electrons. The maximum Gasteiger partial charge on any atom is 0.430 e. The van der Waals surface area contributed by atoms with E-state index in [9.17, 15) is 39.9 Å². The molecule has 1 heterocycles. The second-order valence-corrected chi connectivity index (χ2v) is 8.94. The highest BCUT2D eigenvalue weighted by Gasteiger charge is 2.71. The molecular formula is C16H15F6NO3S2. The summed E-state index contributed by atoms with van der Waals surface area (Å²) in [5, 5.41) is 9.32. The Morgan fingerprint density at radius 2 is 1.50 bits per heavy atom. The first-order valence-corrected chi connectivity index (χ1v) is 10.1. The molecule has 2 aromatic rings. The number of aryl methyl sites for hydroxylation is 1. The van der Waals surface area contributed by atoms with Crippen LogP contribution >= 0.6 is 11.3 Å². The molecule has 4 nitrogen and oxygen atoms in total. The van der Waals surface area contributed by atoms with Gasteiger partial charge < -0.3 is 5.11 Å². The van der Waals surface area contributed by atoms with Crippen LogP contribution in [-0.4, -0.2) is 25.9 Å². The van der Waals surface area contributed by atoms with Crippen molar-refractivity contribution in [3.63, 3.8) is 0 Å². The third kappa shape index (κ3) is 4.28. The predicted octanol–water partition coefficient (Wildman–Crippen LogP) is 4.81. The largest absolute Gasteiger partial charge is 0.430 e. The second-order valence-electron chi connectivity index (χ2n) is 5.86. The van der Waals surface area contributed by atoms with Crippen LogP contribution in [0.4, 0.5) is 32.0 Å². The van der Waals surface area contributed by atoms with Crippen molar-refractivity contribution in [2.24, 2.45) is 0 Å². The average Bonchev–Trinajstić information content (AvgIpc) is 3.02. The van der Waals surface area contributed by atoms with Crippen LogP contribution in [0.25, 0.3) is 0 Å². The Morgan fingerprint density at radius 3 is 1.96 bits per heavy atom. The molecule has 2 rings (SSSR count). The van der Waals surface area contributed by atoms with Crippen molar-refractivity contribution in [1.29, 1.82) is 0 Å². The van der Waals surface area contributed by atoms with Crippen LogP contribution < -0.4 is 4.72 Å². The third-order valence-electron chi connectivity index (χ3n) is 3.77. The van der Waals surface area contributed by atoms with Crippen LogP contribution in [0.15, 0.2) is 40.6 Å². The zero-order valence-electron chi connectivity index (χ0n) is 14.2. The molecule has 0 amide bonds. The molecule has 0 fully saturated rings. The molecule has 0 spiro atoms. The number of halogens is 6. The van der Waals surface area contributed by atoms with Crippen LogP contribution in [0, 0.1) is 0 Å². The van der Waals surface area contributed by atoms with Gasteiger partial charge in [-0.15, -0.1) is 11.3 Å². The molecule has 0 saturated carbocycles. The van der Waals surface area contributed by atoms with Crippen molar-refractivity contribution in [3.05, 3.63) is 46.8 Å². The Hall–Kier alpha value is -1.79. The van der Waals surface area contributed by atoms with Gasteiger partial charge >= 0.3 is 12.4 Å². The minimum Gasteiger partial charge on any atom is -0.369 e. The number of aliphatic hydroxyl groups is 1. The summed E-state index contributed by atoms with van der Waals surface area (Å²) in [6, 6.07) is 5.16. The molecule has 12 heteroatoms. The molecule has 0 saturated heterocycles. The van der Waals surface area contributed by atoms with E-state index < -0.39 is 33.5 Å². The Balaban J connectivity index is 2.31. The van der Waals surface area contributed by atoms with Crippen LogP contribution in [0.5, 0.6) is 0 Å². The number of alkyl halides is 6. The lowest BCUT2D eigenvalue weighted by molar-refractivity contribution is -0.376. The number of benzene rings is 1. The number of nitrogens with one attached hydrogen (secondary N) is 1. The first kappa shape index (κ1) is 22.5. The maximum atomic E-state index is 12.9. The lowest BCUT2D eigenvalue weighted by Crippen LogP contribution is -2.53. The van der Waals surface area contributed by atoms with Gasteiger partial charge in [0, 0.05) is 16.1 Å². The molecule has 0 bridgehead atoms. The number of thiophene rings is 1. The Morgan fingerprint density at radius 1 is 0.964 bits per heavy atom. The Kier molecular flexibility index (Phi) is 6.07. The second kappa shape index (κ2) is 7.56. The van der Waals surface area contributed by atoms with Gasteiger partial charge in [-0.05, 0) is 30.7 Å². The zero-order valence-corrected chi connectivity index (χ0v) is 15.9. The Labute approximate surface area is 160 Å². The summed E-state index contributed by atoms with van der Waals surface area (Å²) < 4.78 is 104. The SMILES string of the molecule is CCCc1ccc(S(=O)(=O)Nc2ccc(C(O)(C(F)(F)F)C(F)(F)F)cc2)s1. The van der Waals surface area contributed by atoms with Gasteiger partial charge in [0.15, 0.2) is 0 Å². The van der Waals surface area contributed by atoms with Gasteiger partial charge in [-0.2, -0.15) is 26.3 Å². The molecule has 1 aromatic heterocycles. The van der Waals surface area contributed by atoms with Gasteiger partial charge in [-0.3, -0.25) is 4.72 Å². The van der Waals surface area contributed by atoms with E-state index in [1.54, 1.807) is 6.07 Å². The van der Waals surface area contributed by atoms with Gasteiger partial charge in [0.25, 0.3) is 15.6 Å². The first-order chi connectivity index (χ1) is 12.7. The quantitative estimate of drug-likeness (QED) is 0.625. The van der Waals surface area contributed by atoms with E-state index in [2.05, 4.69) is 4.72 Å². The van der Waals surface area contributed by atoms with E-state index in [1.807, 2.05) is 6.92 Å². The molecular weight excluding hydrogens is 432 g/mol. The van der Waals surface area contributed by atoms with Crippen molar-refractivity contribution >= 4 is 27.0 Å². The van der Waals surface area contributed by atoms with Gasteiger partial charge in [0.05, 0.1) is 0 Å². The van der Waals surface area contributed by atoms with E-state index in [4.69, 9.17) is 0 Å². The summed E-state index contributed by atoms with van der Waals surface area (Å²) >= 11 is 1.01. The summed E-state index contributed by atoms with van der Waals surface area (Å²) in [7, 11) is -4.05. The third-order valence-corrected chi connectivity index (χ3v) is 6.79. The molecule has 0 aliphatic heterocycles. The normalized spacial score (nSPS) is 13.6. The van der Waals surface area contributed by atoms with E-state index in [0.717, 1.165) is 34.8 Å². The van der Waals surface area contributed by atoms with Crippen molar-refractivity contribution in [1.82, 2.24) is 0 Å². The summed E-state index contributed by atoms with van der Waals surface area (Å²) in [5.41, 5.74) is -6.79. The van der Waals surface area contributed by atoms with Gasteiger partial charge in [-0.1, -0.05) is 25.5 Å². The topological polar surface area (TPSA) is 66.4 Å². The average molecular weight is 447 g/mol. The fourth-order valence-corrected chi connectivity index (χ4v) is 4.87.